The Morgan fingerprint density at radius 3 is 3.00 bits per heavy atom. The van der Waals surface area contributed by atoms with Gasteiger partial charge < -0.3 is 9.84 Å². The van der Waals surface area contributed by atoms with Crippen LogP contribution >= 0.6 is 0 Å². The Balaban J connectivity index is 1.79. The fraction of sp³-hybridized carbons (Fsp3) is 0.667. The molecule has 12 heavy (non-hydrogen) atoms. The highest BCUT2D eigenvalue weighted by molar-refractivity contribution is 5.02. The molecule has 0 spiro atoms. The summed E-state index contributed by atoms with van der Waals surface area (Å²) < 4.78 is 5.07. The van der Waals surface area contributed by atoms with Gasteiger partial charge in [0.05, 0.1) is 12.2 Å². The predicted octanol–water partition coefficient (Wildman–Crippen LogP) is 1.63. The van der Waals surface area contributed by atoms with Crippen molar-refractivity contribution in [2.45, 2.75) is 38.8 Å². The minimum Gasteiger partial charge on any atom is -0.360 e. The number of aryl methyl sites for hydroxylation is 1. The fourth-order valence-corrected chi connectivity index (χ4v) is 1.36. The lowest BCUT2D eigenvalue weighted by atomic mass is 9.93. The maximum Gasteiger partial charge on any atom is 0.150 e. The summed E-state index contributed by atoms with van der Waals surface area (Å²) in [7, 11) is 0. The largest absolute Gasteiger partial charge is 0.360 e. The third-order valence-electron chi connectivity index (χ3n) is 2.35. The molecule has 1 saturated carbocycles. The zero-order valence-electron chi connectivity index (χ0n) is 7.34. The zero-order valence-corrected chi connectivity index (χ0v) is 7.34. The van der Waals surface area contributed by atoms with Crippen molar-refractivity contribution in [2.75, 3.05) is 0 Å². The van der Waals surface area contributed by atoms with E-state index in [1.807, 2.05) is 13.0 Å². The first kappa shape index (κ1) is 7.80. The van der Waals surface area contributed by atoms with Crippen LogP contribution in [0.1, 0.15) is 30.7 Å². The molecule has 1 aliphatic rings. The maximum atomic E-state index is 5.07. The highest BCUT2D eigenvalue weighted by Gasteiger charge is 2.16. The van der Waals surface area contributed by atoms with Crippen molar-refractivity contribution in [1.82, 2.24) is 10.5 Å². The monoisotopic (exact) mass is 166 g/mol. The van der Waals surface area contributed by atoms with Crippen LogP contribution < -0.4 is 5.32 Å². The zero-order chi connectivity index (χ0) is 8.39. The van der Waals surface area contributed by atoms with Crippen LogP contribution in [0.3, 0.4) is 0 Å². The van der Waals surface area contributed by atoms with E-state index < -0.39 is 0 Å². The number of aromatic nitrogens is 1. The first-order valence-corrected chi connectivity index (χ1v) is 4.50. The predicted molar refractivity (Wildman–Crippen MR) is 45.7 cm³/mol. The molecule has 3 nitrogen and oxygen atoms in total. The Kier molecular flexibility index (Phi) is 2.13. The van der Waals surface area contributed by atoms with Crippen molar-refractivity contribution >= 4 is 0 Å². The highest BCUT2D eigenvalue weighted by atomic mass is 16.5. The van der Waals surface area contributed by atoms with Crippen LogP contribution in [0.15, 0.2) is 10.6 Å². The molecule has 3 heteroatoms. The molecule has 0 atom stereocenters. The second kappa shape index (κ2) is 3.27. The minimum absolute atomic E-state index is 0.718. The number of nitrogens with zero attached hydrogens (tertiary/aromatic N) is 1. The summed E-state index contributed by atoms with van der Waals surface area (Å²) in [4.78, 5) is 0. The van der Waals surface area contributed by atoms with Gasteiger partial charge in [0, 0.05) is 12.1 Å². The van der Waals surface area contributed by atoms with E-state index in [-0.39, 0.29) is 0 Å². The van der Waals surface area contributed by atoms with Crippen molar-refractivity contribution in [2.24, 2.45) is 0 Å². The van der Waals surface area contributed by atoms with E-state index in [4.69, 9.17) is 4.52 Å². The molecule has 1 fully saturated rings. The molecular weight excluding hydrogens is 152 g/mol. The Hall–Kier alpha value is -0.830. The van der Waals surface area contributed by atoms with Crippen LogP contribution in [-0.4, -0.2) is 11.2 Å². The van der Waals surface area contributed by atoms with Gasteiger partial charge in [-0.1, -0.05) is 11.6 Å². The van der Waals surface area contributed by atoms with Gasteiger partial charge in [0.15, 0.2) is 5.76 Å². The van der Waals surface area contributed by atoms with E-state index in [1.165, 1.54) is 19.3 Å². The van der Waals surface area contributed by atoms with E-state index in [2.05, 4.69) is 10.5 Å². The van der Waals surface area contributed by atoms with Gasteiger partial charge in [0.25, 0.3) is 0 Å². The van der Waals surface area contributed by atoms with Crippen molar-refractivity contribution < 1.29 is 4.52 Å². The summed E-state index contributed by atoms with van der Waals surface area (Å²) in [6, 6.07) is 2.70. The molecule has 1 aromatic heterocycles. The summed E-state index contributed by atoms with van der Waals surface area (Å²) in [6.07, 6.45) is 3.99. The average molecular weight is 166 g/mol. The van der Waals surface area contributed by atoms with Crippen molar-refractivity contribution in [3.8, 4) is 0 Å². The van der Waals surface area contributed by atoms with Crippen molar-refractivity contribution in [3.05, 3.63) is 17.5 Å². The quantitative estimate of drug-likeness (QED) is 0.741. The molecule has 0 saturated heterocycles. The van der Waals surface area contributed by atoms with E-state index in [0.29, 0.717) is 0 Å². The lowest BCUT2D eigenvalue weighted by Gasteiger charge is -2.25. The van der Waals surface area contributed by atoms with E-state index >= 15 is 0 Å². The molecule has 2 rings (SSSR count). The number of hydrogen-bond acceptors (Lipinski definition) is 3. The molecular formula is C9H14N2O. The summed E-state index contributed by atoms with van der Waals surface area (Å²) in [6.45, 7) is 2.77. The first-order valence-electron chi connectivity index (χ1n) is 4.50. The van der Waals surface area contributed by atoms with Crippen LogP contribution in [0.5, 0.6) is 0 Å². The first-order chi connectivity index (χ1) is 5.84. The summed E-state index contributed by atoms with van der Waals surface area (Å²) in [5, 5.41) is 7.24. The van der Waals surface area contributed by atoms with Gasteiger partial charge in [0.2, 0.25) is 0 Å². The summed E-state index contributed by atoms with van der Waals surface area (Å²) in [5.74, 6) is 0.944. The SMILES string of the molecule is Cc1cc(CNC2CCC2)on1. The average Bonchev–Trinajstić information content (AvgIpc) is 2.32. The lowest BCUT2D eigenvalue weighted by molar-refractivity contribution is 0.308. The van der Waals surface area contributed by atoms with E-state index in [1.54, 1.807) is 0 Å². The Morgan fingerprint density at radius 2 is 2.50 bits per heavy atom. The normalized spacial score (nSPS) is 17.8. The maximum absolute atomic E-state index is 5.07. The fourth-order valence-electron chi connectivity index (χ4n) is 1.36. The number of nitrogens with one attached hydrogen (secondary N) is 1. The molecule has 0 amide bonds. The number of hydrogen-bond donors (Lipinski definition) is 1. The summed E-state index contributed by atoms with van der Waals surface area (Å²) in [5.41, 5.74) is 0.959. The van der Waals surface area contributed by atoms with Crippen LogP contribution in [0.25, 0.3) is 0 Å². The van der Waals surface area contributed by atoms with Crippen LogP contribution in [-0.2, 0) is 6.54 Å². The van der Waals surface area contributed by atoms with Gasteiger partial charge in [-0.05, 0) is 19.8 Å². The molecule has 0 bridgehead atoms. The van der Waals surface area contributed by atoms with Crippen molar-refractivity contribution in [3.63, 3.8) is 0 Å². The molecule has 1 aromatic rings. The van der Waals surface area contributed by atoms with Gasteiger partial charge in [0.1, 0.15) is 0 Å². The third kappa shape index (κ3) is 1.67. The summed E-state index contributed by atoms with van der Waals surface area (Å²) >= 11 is 0. The third-order valence-corrected chi connectivity index (χ3v) is 2.35. The van der Waals surface area contributed by atoms with Gasteiger partial charge >= 0.3 is 0 Å². The second-order valence-corrected chi connectivity index (χ2v) is 3.44. The molecule has 0 aromatic carbocycles. The van der Waals surface area contributed by atoms with Gasteiger partial charge in [-0.2, -0.15) is 0 Å². The Morgan fingerprint density at radius 1 is 1.67 bits per heavy atom. The minimum atomic E-state index is 0.718. The lowest BCUT2D eigenvalue weighted by Crippen LogP contribution is -2.34. The Labute approximate surface area is 72.1 Å². The van der Waals surface area contributed by atoms with Gasteiger partial charge in [-0.3, -0.25) is 0 Å². The van der Waals surface area contributed by atoms with E-state index in [9.17, 15) is 0 Å². The molecule has 0 radical (unpaired) electrons. The molecule has 0 aliphatic heterocycles. The van der Waals surface area contributed by atoms with E-state index in [0.717, 1.165) is 24.0 Å². The van der Waals surface area contributed by atoms with Crippen molar-refractivity contribution in [1.29, 1.82) is 0 Å². The standard InChI is InChI=1S/C9H14N2O/c1-7-5-9(12-11-7)6-10-8-3-2-4-8/h5,8,10H,2-4,6H2,1H3. The van der Waals surface area contributed by atoms with Gasteiger partial charge in [-0.25, -0.2) is 0 Å². The van der Waals surface area contributed by atoms with Crippen LogP contribution in [0.2, 0.25) is 0 Å². The van der Waals surface area contributed by atoms with Crippen LogP contribution in [0.4, 0.5) is 0 Å². The van der Waals surface area contributed by atoms with Gasteiger partial charge in [-0.15, -0.1) is 0 Å². The highest BCUT2D eigenvalue weighted by Crippen LogP contribution is 2.18. The molecule has 1 heterocycles. The topological polar surface area (TPSA) is 38.1 Å². The van der Waals surface area contributed by atoms with Crippen LogP contribution in [0, 0.1) is 6.92 Å². The Bertz CT molecular complexity index is 253. The molecule has 1 N–H and O–H groups in total. The molecule has 1 aliphatic carbocycles. The molecule has 66 valence electrons. The smallest absolute Gasteiger partial charge is 0.150 e. The number of rotatable bonds is 3. The molecule has 0 unspecified atom stereocenters. The second-order valence-electron chi connectivity index (χ2n) is 3.44.